The molecule has 2 aliphatic rings. The zero-order valence-electron chi connectivity index (χ0n) is 27.5. The van der Waals surface area contributed by atoms with E-state index in [1.807, 2.05) is 13.0 Å². The van der Waals surface area contributed by atoms with Gasteiger partial charge in [0, 0.05) is 31.3 Å². The Morgan fingerprint density at radius 2 is 1.21 bits per heavy atom. The molecule has 17 heteroatoms. The summed E-state index contributed by atoms with van der Waals surface area (Å²) in [6, 6.07) is 10.7. The Morgan fingerprint density at radius 1 is 0.792 bits per heavy atom. The standard InChI is InChI=1S/C23H36N2O2.2C4H6O6.H2O/c1-5-22(26)27-23(21-12-8-6-9-13-21)16-19(3)25(17-18(23)2)20(4)24-14-10-7-11-15-24;2*5-1(3(7)8)2(6)4(9)10;/h6,8-9,12-13,18-20H,5,7,10-11,14-17H2,1-4H3;2*1-2,5-6H,(H,7,8)(H,9,10);1H2. The van der Waals surface area contributed by atoms with Gasteiger partial charge in [0.2, 0.25) is 0 Å². The average molecular weight is 691 g/mol. The van der Waals surface area contributed by atoms with Crippen molar-refractivity contribution in [3.8, 4) is 0 Å². The Kier molecular flexibility index (Phi) is 19.0. The van der Waals surface area contributed by atoms with Gasteiger partial charge < -0.3 is 51.1 Å². The number of carbonyl (C=O) groups is 5. The minimum atomic E-state index is -2.27. The molecule has 0 bridgehead atoms. The van der Waals surface area contributed by atoms with Crippen LogP contribution < -0.4 is 0 Å². The molecule has 8 unspecified atom stereocenters. The number of aliphatic carboxylic acids is 4. The van der Waals surface area contributed by atoms with Crippen LogP contribution in [0.2, 0.25) is 0 Å². The van der Waals surface area contributed by atoms with Gasteiger partial charge >= 0.3 is 29.8 Å². The normalized spacial score (nSPS) is 24.2. The van der Waals surface area contributed by atoms with Crippen LogP contribution in [0.15, 0.2) is 30.3 Å². The number of piperidine rings is 2. The maximum atomic E-state index is 12.3. The van der Waals surface area contributed by atoms with Crippen molar-refractivity contribution in [1.82, 2.24) is 9.80 Å². The predicted octanol–water partition coefficient (Wildman–Crippen LogP) is -0.673. The molecular weight excluding hydrogens is 640 g/mol. The van der Waals surface area contributed by atoms with Crippen LogP contribution in [-0.4, -0.2) is 142 Å². The lowest BCUT2D eigenvalue weighted by atomic mass is 9.74. The number of hydrogen-bond donors (Lipinski definition) is 8. The van der Waals surface area contributed by atoms with Crippen LogP contribution in [0.5, 0.6) is 0 Å². The number of rotatable bonds is 11. The maximum absolute atomic E-state index is 12.3. The molecule has 2 fully saturated rings. The van der Waals surface area contributed by atoms with Gasteiger partial charge in [-0.15, -0.1) is 0 Å². The fourth-order valence-electron chi connectivity index (χ4n) is 5.56. The molecule has 0 radical (unpaired) electrons. The van der Waals surface area contributed by atoms with Gasteiger partial charge in [0.25, 0.3) is 0 Å². The summed E-state index contributed by atoms with van der Waals surface area (Å²) in [5.74, 6) is -6.93. The van der Waals surface area contributed by atoms with Crippen LogP contribution in [0.25, 0.3) is 0 Å². The van der Waals surface area contributed by atoms with E-state index in [2.05, 4.69) is 54.8 Å². The second kappa shape index (κ2) is 20.6. The van der Waals surface area contributed by atoms with Gasteiger partial charge in [0.15, 0.2) is 24.4 Å². The Balaban J connectivity index is 0.000000872. The summed E-state index contributed by atoms with van der Waals surface area (Å²) in [5.41, 5.74) is 0.614. The van der Waals surface area contributed by atoms with E-state index in [0.29, 0.717) is 18.6 Å². The summed E-state index contributed by atoms with van der Waals surface area (Å²) < 4.78 is 6.19. The molecule has 274 valence electrons. The second-order valence-electron chi connectivity index (χ2n) is 11.6. The number of carboxylic acids is 4. The van der Waals surface area contributed by atoms with Crippen LogP contribution in [0.3, 0.4) is 0 Å². The minimum Gasteiger partial charge on any atom is -0.479 e. The quantitative estimate of drug-likeness (QED) is 0.134. The number of carboxylic acid groups (broad SMARTS) is 4. The van der Waals surface area contributed by atoms with Crippen molar-refractivity contribution in [1.29, 1.82) is 0 Å². The Labute approximate surface area is 278 Å². The SMILES string of the molecule is CCC(=O)OC1(c2ccccc2)CC(C)N(C(C)N2CCCCC2)CC1C.O.O=C(O)C(O)C(O)C(=O)O.O=C(O)C(O)C(O)C(=O)O. The number of esters is 1. The summed E-state index contributed by atoms with van der Waals surface area (Å²) in [5, 5.41) is 65.1. The maximum Gasteiger partial charge on any atom is 0.335 e. The molecule has 2 heterocycles. The Hall–Kier alpha value is -3.71. The van der Waals surface area contributed by atoms with Crippen LogP contribution >= 0.6 is 0 Å². The fraction of sp³-hybridized carbons (Fsp3) is 0.645. The number of nitrogens with zero attached hydrogens (tertiary/aromatic N) is 2. The first-order chi connectivity index (χ1) is 21.9. The van der Waals surface area contributed by atoms with Crippen molar-refractivity contribution in [2.45, 2.75) is 102 Å². The molecule has 1 aromatic carbocycles. The fourth-order valence-corrected chi connectivity index (χ4v) is 5.56. The highest BCUT2D eigenvalue weighted by atomic mass is 16.6. The van der Waals surface area contributed by atoms with Crippen molar-refractivity contribution in [3.63, 3.8) is 0 Å². The molecule has 1 aromatic rings. The van der Waals surface area contributed by atoms with Crippen LogP contribution in [0.4, 0.5) is 0 Å². The Bertz CT molecular complexity index is 1110. The summed E-state index contributed by atoms with van der Waals surface area (Å²) >= 11 is 0. The van der Waals surface area contributed by atoms with Gasteiger partial charge in [0.05, 0.1) is 6.17 Å². The summed E-state index contributed by atoms with van der Waals surface area (Å²) in [4.78, 5) is 56.7. The lowest BCUT2D eigenvalue weighted by Gasteiger charge is -2.53. The summed E-state index contributed by atoms with van der Waals surface area (Å²) in [6.45, 7) is 12.1. The third-order valence-corrected chi connectivity index (χ3v) is 8.30. The van der Waals surface area contributed by atoms with Gasteiger partial charge in [0.1, 0.15) is 5.60 Å². The minimum absolute atomic E-state index is 0. The molecule has 17 nitrogen and oxygen atoms in total. The van der Waals surface area contributed by atoms with Crippen molar-refractivity contribution < 1.29 is 75.0 Å². The third kappa shape index (κ3) is 12.4. The topological polar surface area (TPSA) is 294 Å². The molecule has 2 aliphatic heterocycles. The number of benzene rings is 1. The van der Waals surface area contributed by atoms with E-state index in [4.69, 9.17) is 45.6 Å². The molecule has 0 aromatic heterocycles. The molecule has 10 N–H and O–H groups in total. The highest BCUT2D eigenvalue weighted by Gasteiger charge is 2.49. The van der Waals surface area contributed by atoms with E-state index in [-0.39, 0.29) is 17.4 Å². The molecule has 2 saturated heterocycles. The first-order valence-electron chi connectivity index (χ1n) is 15.3. The van der Waals surface area contributed by atoms with Gasteiger partial charge in [-0.3, -0.25) is 14.6 Å². The highest BCUT2D eigenvalue weighted by Crippen LogP contribution is 2.44. The third-order valence-electron chi connectivity index (χ3n) is 8.30. The second-order valence-corrected chi connectivity index (χ2v) is 11.6. The smallest absolute Gasteiger partial charge is 0.335 e. The number of aliphatic hydroxyl groups is 4. The van der Waals surface area contributed by atoms with Gasteiger partial charge in [-0.05, 0) is 45.3 Å². The van der Waals surface area contributed by atoms with E-state index >= 15 is 0 Å². The molecule has 0 spiro atoms. The van der Waals surface area contributed by atoms with Crippen molar-refractivity contribution >= 4 is 29.8 Å². The van der Waals surface area contributed by atoms with E-state index in [1.54, 1.807) is 0 Å². The first kappa shape index (κ1) is 44.3. The highest BCUT2D eigenvalue weighted by molar-refractivity contribution is 5.83. The number of carbonyl (C=O) groups excluding carboxylic acids is 1. The molecule has 3 rings (SSSR count). The average Bonchev–Trinajstić information content (AvgIpc) is 3.05. The number of ether oxygens (including phenoxy) is 1. The zero-order valence-corrected chi connectivity index (χ0v) is 27.5. The lowest BCUT2D eigenvalue weighted by molar-refractivity contribution is -0.183. The largest absolute Gasteiger partial charge is 0.479 e. The van der Waals surface area contributed by atoms with E-state index in [0.717, 1.165) is 18.5 Å². The molecule has 48 heavy (non-hydrogen) atoms. The van der Waals surface area contributed by atoms with Crippen molar-refractivity contribution in [3.05, 3.63) is 35.9 Å². The molecule has 0 saturated carbocycles. The lowest BCUT2D eigenvalue weighted by Crippen LogP contribution is -2.60. The van der Waals surface area contributed by atoms with Crippen LogP contribution in [0.1, 0.15) is 65.4 Å². The predicted molar refractivity (Wildman–Crippen MR) is 168 cm³/mol. The van der Waals surface area contributed by atoms with E-state index in [1.165, 1.54) is 32.4 Å². The zero-order chi connectivity index (χ0) is 36.1. The number of hydrogen-bond acceptors (Lipinski definition) is 12. The summed E-state index contributed by atoms with van der Waals surface area (Å²) in [6.07, 6.45) is -3.37. The van der Waals surface area contributed by atoms with Crippen molar-refractivity contribution in [2.24, 2.45) is 5.92 Å². The van der Waals surface area contributed by atoms with Gasteiger partial charge in [-0.2, -0.15) is 0 Å². The summed E-state index contributed by atoms with van der Waals surface area (Å²) in [7, 11) is 0. The van der Waals surface area contributed by atoms with Crippen LogP contribution in [-0.2, 0) is 34.3 Å². The van der Waals surface area contributed by atoms with Crippen molar-refractivity contribution in [2.75, 3.05) is 19.6 Å². The van der Waals surface area contributed by atoms with Gasteiger partial charge in [-0.1, -0.05) is 50.6 Å². The molecular formula is C31H50N2O15. The van der Waals surface area contributed by atoms with E-state index < -0.39 is 53.9 Å². The first-order valence-corrected chi connectivity index (χ1v) is 15.3. The van der Waals surface area contributed by atoms with Crippen LogP contribution in [0, 0.1) is 5.92 Å². The number of likely N-dealkylation sites (tertiary alicyclic amines) is 2. The molecule has 0 amide bonds. The monoisotopic (exact) mass is 690 g/mol. The van der Waals surface area contributed by atoms with E-state index in [9.17, 15) is 24.0 Å². The number of aliphatic hydroxyl groups excluding tert-OH is 4. The Morgan fingerprint density at radius 3 is 1.58 bits per heavy atom. The van der Waals surface area contributed by atoms with Gasteiger partial charge in [-0.25, -0.2) is 19.2 Å². The molecule has 8 atom stereocenters. The molecule has 0 aliphatic carbocycles.